The molecule has 16 heavy (non-hydrogen) atoms. The highest BCUT2D eigenvalue weighted by Crippen LogP contribution is 1.94. The third kappa shape index (κ3) is 8.60. The van der Waals surface area contributed by atoms with Crippen LogP contribution in [0.5, 0.6) is 0 Å². The molecular weight excluding hydrogens is 313 g/mol. The number of nitrogens with zero attached hydrogens (tertiary/aromatic N) is 2. The van der Waals surface area contributed by atoms with Gasteiger partial charge in [0.15, 0.2) is 5.96 Å². The monoisotopic (exact) mass is 335 g/mol. The molecule has 4 heteroatoms. The summed E-state index contributed by atoms with van der Waals surface area (Å²) in [5.74, 6) is 3.38. The second kappa shape index (κ2) is 12.4. The first-order chi connectivity index (χ1) is 7.26. The number of hydrogen-bond acceptors (Lipinski definition) is 1. The number of rotatable bonds is 6. The fourth-order valence-corrected chi connectivity index (χ4v) is 1.17. The van der Waals surface area contributed by atoms with Crippen molar-refractivity contribution >= 4 is 29.9 Å². The van der Waals surface area contributed by atoms with E-state index in [-0.39, 0.29) is 24.0 Å². The van der Waals surface area contributed by atoms with E-state index in [4.69, 9.17) is 6.42 Å². The van der Waals surface area contributed by atoms with Gasteiger partial charge >= 0.3 is 0 Å². The molecule has 0 aliphatic heterocycles. The molecule has 0 heterocycles. The summed E-state index contributed by atoms with van der Waals surface area (Å²) in [5.41, 5.74) is 0. The fourth-order valence-electron chi connectivity index (χ4n) is 1.17. The zero-order valence-electron chi connectivity index (χ0n) is 10.2. The Morgan fingerprint density at radius 3 is 2.81 bits per heavy atom. The molecule has 0 aromatic carbocycles. The zero-order valence-corrected chi connectivity index (χ0v) is 12.5. The van der Waals surface area contributed by atoms with Crippen molar-refractivity contribution in [1.82, 2.24) is 10.2 Å². The molecule has 92 valence electrons. The normalized spacial score (nSPS) is 9.94. The van der Waals surface area contributed by atoms with E-state index in [1.54, 1.807) is 0 Å². The second-order valence-corrected chi connectivity index (χ2v) is 3.23. The van der Waals surface area contributed by atoms with Crippen LogP contribution in [0.15, 0.2) is 17.6 Å². The van der Waals surface area contributed by atoms with Gasteiger partial charge in [-0.25, -0.2) is 4.99 Å². The number of nitrogens with one attached hydrogen (secondary N) is 1. The van der Waals surface area contributed by atoms with Crippen LogP contribution in [0, 0.1) is 12.3 Å². The summed E-state index contributed by atoms with van der Waals surface area (Å²) in [6, 6.07) is 0. The lowest BCUT2D eigenvalue weighted by atomic mass is 10.3. The summed E-state index contributed by atoms with van der Waals surface area (Å²) >= 11 is 0. The van der Waals surface area contributed by atoms with Crippen LogP contribution in [0.25, 0.3) is 0 Å². The predicted octanol–water partition coefficient (Wildman–Crippen LogP) is 2.10. The highest BCUT2D eigenvalue weighted by molar-refractivity contribution is 14.0. The van der Waals surface area contributed by atoms with Crippen LogP contribution in [-0.4, -0.2) is 37.5 Å². The van der Waals surface area contributed by atoms with E-state index in [2.05, 4.69) is 27.7 Å². The average Bonchev–Trinajstić information content (AvgIpc) is 2.24. The van der Waals surface area contributed by atoms with Crippen molar-refractivity contribution in [1.29, 1.82) is 0 Å². The highest BCUT2D eigenvalue weighted by Gasteiger charge is 2.03. The first-order valence-corrected chi connectivity index (χ1v) is 5.30. The third-order valence-electron chi connectivity index (χ3n) is 1.92. The number of guanidine groups is 1. The van der Waals surface area contributed by atoms with Crippen molar-refractivity contribution in [2.45, 2.75) is 19.8 Å². The topological polar surface area (TPSA) is 27.6 Å². The van der Waals surface area contributed by atoms with E-state index in [1.165, 1.54) is 0 Å². The maximum Gasteiger partial charge on any atom is 0.194 e. The van der Waals surface area contributed by atoms with E-state index in [9.17, 15) is 0 Å². The molecule has 1 N–H and O–H groups in total. The summed E-state index contributed by atoms with van der Waals surface area (Å²) < 4.78 is 0. The summed E-state index contributed by atoms with van der Waals surface area (Å²) in [6.07, 6.45) is 9.22. The number of allylic oxidation sites excluding steroid dienone is 1. The van der Waals surface area contributed by atoms with Crippen molar-refractivity contribution in [2.24, 2.45) is 4.99 Å². The van der Waals surface area contributed by atoms with Gasteiger partial charge in [0.05, 0.1) is 0 Å². The lowest BCUT2D eigenvalue weighted by Crippen LogP contribution is -2.39. The van der Waals surface area contributed by atoms with Gasteiger partial charge in [0, 0.05) is 20.1 Å². The van der Waals surface area contributed by atoms with Crippen LogP contribution < -0.4 is 5.32 Å². The molecule has 0 fully saturated rings. The van der Waals surface area contributed by atoms with Gasteiger partial charge in [-0.2, -0.15) is 0 Å². The molecule has 0 aliphatic rings. The molecule has 0 amide bonds. The van der Waals surface area contributed by atoms with E-state index in [0.717, 1.165) is 31.9 Å². The minimum Gasteiger partial charge on any atom is -0.356 e. The molecule has 0 atom stereocenters. The quantitative estimate of drug-likeness (QED) is 0.201. The maximum absolute atomic E-state index is 5.18. The van der Waals surface area contributed by atoms with E-state index in [0.29, 0.717) is 6.54 Å². The molecule has 0 bridgehead atoms. The third-order valence-corrected chi connectivity index (χ3v) is 1.92. The molecular formula is C12H22IN3. The minimum atomic E-state index is 0. The highest BCUT2D eigenvalue weighted by atomic mass is 127. The molecule has 0 saturated heterocycles. The molecule has 0 spiro atoms. The Kier molecular flexibility index (Phi) is 13.7. The summed E-state index contributed by atoms with van der Waals surface area (Å²) in [4.78, 5) is 6.37. The molecule has 3 nitrogen and oxygen atoms in total. The molecule has 0 rings (SSSR count). The van der Waals surface area contributed by atoms with Crippen molar-refractivity contribution in [3.8, 4) is 12.3 Å². The standard InChI is InChI=1S/C12H21N3.HI/c1-5-8-9-11-15(4)12(13-7-3)14-10-6-2;/h2,5H,1,7-11H2,3-4H3,(H,13,14);1H. The first kappa shape index (κ1) is 17.7. The van der Waals surface area contributed by atoms with E-state index >= 15 is 0 Å². The fraction of sp³-hybridized carbons (Fsp3) is 0.583. The van der Waals surface area contributed by atoms with Gasteiger partial charge in [0.25, 0.3) is 0 Å². The van der Waals surface area contributed by atoms with Crippen molar-refractivity contribution < 1.29 is 0 Å². The largest absolute Gasteiger partial charge is 0.356 e. The van der Waals surface area contributed by atoms with Crippen molar-refractivity contribution in [3.63, 3.8) is 0 Å². The Balaban J connectivity index is 0. The van der Waals surface area contributed by atoms with Crippen molar-refractivity contribution in [2.75, 3.05) is 26.7 Å². The number of hydrogen-bond donors (Lipinski definition) is 1. The Bertz CT molecular complexity index is 243. The van der Waals surface area contributed by atoms with Gasteiger partial charge < -0.3 is 10.2 Å². The van der Waals surface area contributed by atoms with Crippen molar-refractivity contribution in [3.05, 3.63) is 12.7 Å². The molecule has 0 aromatic heterocycles. The average molecular weight is 335 g/mol. The summed E-state index contributed by atoms with van der Waals surface area (Å²) in [6.45, 7) is 7.98. The van der Waals surface area contributed by atoms with E-state index < -0.39 is 0 Å². The van der Waals surface area contributed by atoms with Gasteiger partial charge in [0.1, 0.15) is 6.54 Å². The SMILES string of the molecule is C#CCN=C(NCC)N(C)CCCC=C.I. The van der Waals surface area contributed by atoms with Crippen LogP contribution in [0.3, 0.4) is 0 Å². The Hall–Kier alpha value is -0.700. The van der Waals surface area contributed by atoms with Gasteiger partial charge in [-0.3, -0.25) is 0 Å². The van der Waals surface area contributed by atoms with Crippen LogP contribution >= 0.6 is 24.0 Å². The molecule has 0 unspecified atom stereocenters. The van der Waals surface area contributed by atoms with E-state index in [1.807, 2.05) is 20.0 Å². The minimum absolute atomic E-state index is 0. The number of halogens is 1. The van der Waals surface area contributed by atoms with Crippen LogP contribution in [0.4, 0.5) is 0 Å². The van der Waals surface area contributed by atoms with Gasteiger partial charge in [0.2, 0.25) is 0 Å². The maximum atomic E-state index is 5.18. The molecule has 0 aromatic rings. The molecule has 0 radical (unpaired) electrons. The molecule has 0 aliphatic carbocycles. The number of unbranched alkanes of at least 4 members (excludes halogenated alkanes) is 1. The second-order valence-electron chi connectivity index (χ2n) is 3.23. The zero-order chi connectivity index (χ0) is 11.5. The van der Waals surface area contributed by atoms with Gasteiger partial charge in [-0.05, 0) is 19.8 Å². The Labute approximate surface area is 116 Å². The predicted molar refractivity (Wildman–Crippen MR) is 82.3 cm³/mol. The Morgan fingerprint density at radius 1 is 1.62 bits per heavy atom. The smallest absolute Gasteiger partial charge is 0.194 e. The van der Waals surface area contributed by atoms with Crippen LogP contribution in [0.1, 0.15) is 19.8 Å². The Morgan fingerprint density at radius 2 is 2.31 bits per heavy atom. The summed E-state index contributed by atoms with van der Waals surface area (Å²) in [5, 5.41) is 3.20. The molecule has 0 saturated carbocycles. The lowest BCUT2D eigenvalue weighted by molar-refractivity contribution is 0.471. The van der Waals surface area contributed by atoms with Crippen LogP contribution in [-0.2, 0) is 0 Å². The van der Waals surface area contributed by atoms with Gasteiger partial charge in [-0.15, -0.1) is 37.0 Å². The lowest BCUT2D eigenvalue weighted by Gasteiger charge is -2.21. The first-order valence-electron chi connectivity index (χ1n) is 5.30. The van der Waals surface area contributed by atoms with Crippen LogP contribution in [0.2, 0.25) is 0 Å². The summed E-state index contributed by atoms with van der Waals surface area (Å²) in [7, 11) is 2.01. The van der Waals surface area contributed by atoms with Gasteiger partial charge in [-0.1, -0.05) is 12.0 Å². The number of aliphatic imine (C=N–C) groups is 1. The number of terminal acetylenes is 1.